The highest BCUT2D eigenvalue weighted by Crippen LogP contribution is 2.32. The Kier molecular flexibility index (Phi) is 4.02. The maximum atomic E-state index is 12.4. The molecule has 0 radical (unpaired) electrons. The Labute approximate surface area is 141 Å². The van der Waals surface area contributed by atoms with E-state index in [9.17, 15) is 4.79 Å². The van der Waals surface area contributed by atoms with Crippen LogP contribution < -0.4 is 14.8 Å². The lowest BCUT2D eigenvalue weighted by Crippen LogP contribution is -2.44. The smallest absolute Gasteiger partial charge is 0.317 e. The number of urea groups is 1. The number of hydrogen-bond donors (Lipinski definition) is 1. The maximum Gasteiger partial charge on any atom is 0.317 e. The summed E-state index contributed by atoms with van der Waals surface area (Å²) < 4.78 is 12.9. The SMILES string of the molecule is O=C(NCc1ccc2c(c1)OCO2)N1CCC(n2cccc2)CC1. The quantitative estimate of drug-likeness (QED) is 0.943. The topological polar surface area (TPSA) is 55.7 Å². The van der Waals surface area contributed by atoms with Gasteiger partial charge in [-0.15, -0.1) is 0 Å². The highest BCUT2D eigenvalue weighted by molar-refractivity contribution is 5.74. The lowest BCUT2D eigenvalue weighted by atomic mass is 10.1. The van der Waals surface area contributed by atoms with Crippen LogP contribution in [0.5, 0.6) is 11.5 Å². The summed E-state index contributed by atoms with van der Waals surface area (Å²) in [5, 5.41) is 2.99. The van der Waals surface area contributed by atoms with E-state index in [0.29, 0.717) is 12.6 Å². The minimum absolute atomic E-state index is 0.00128. The molecule has 0 bridgehead atoms. The zero-order chi connectivity index (χ0) is 16.4. The van der Waals surface area contributed by atoms with E-state index in [2.05, 4.69) is 22.3 Å². The summed E-state index contributed by atoms with van der Waals surface area (Å²) in [7, 11) is 0. The van der Waals surface area contributed by atoms with Crippen LogP contribution in [0.4, 0.5) is 4.79 Å². The number of nitrogens with zero attached hydrogens (tertiary/aromatic N) is 2. The lowest BCUT2D eigenvalue weighted by molar-refractivity contribution is 0.171. The molecule has 6 nitrogen and oxygen atoms in total. The van der Waals surface area contributed by atoms with Crippen LogP contribution in [0.1, 0.15) is 24.4 Å². The van der Waals surface area contributed by atoms with E-state index in [4.69, 9.17) is 9.47 Å². The Morgan fingerprint density at radius 3 is 2.67 bits per heavy atom. The molecule has 4 rings (SSSR count). The number of benzene rings is 1. The highest BCUT2D eigenvalue weighted by Gasteiger charge is 2.23. The molecule has 0 saturated carbocycles. The van der Waals surface area contributed by atoms with Gasteiger partial charge in [0, 0.05) is 38.1 Å². The first-order valence-corrected chi connectivity index (χ1v) is 8.33. The van der Waals surface area contributed by atoms with E-state index in [0.717, 1.165) is 43.0 Å². The number of aromatic nitrogens is 1. The molecule has 1 N–H and O–H groups in total. The Morgan fingerprint density at radius 1 is 1.12 bits per heavy atom. The van der Waals surface area contributed by atoms with Crippen LogP contribution in [0.3, 0.4) is 0 Å². The molecule has 2 aromatic rings. The molecule has 0 atom stereocenters. The summed E-state index contributed by atoms with van der Waals surface area (Å²) in [6.45, 7) is 2.33. The second-order valence-electron chi connectivity index (χ2n) is 6.19. The van der Waals surface area contributed by atoms with Crippen LogP contribution in [-0.2, 0) is 6.54 Å². The molecule has 24 heavy (non-hydrogen) atoms. The normalized spacial score (nSPS) is 17.1. The van der Waals surface area contributed by atoms with Crippen molar-refractivity contribution in [3.63, 3.8) is 0 Å². The third kappa shape index (κ3) is 3.04. The molecule has 0 unspecified atom stereocenters. The van der Waals surface area contributed by atoms with Crippen molar-refractivity contribution in [1.82, 2.24) is 14.8 Å². The van der Waals surface area contributed by atoms with Crippen molar-refractivity contribution in [2.24, 2.45) is 0 Å². The van der Waals surface area contributed by atoms with Crippen molar-refractivity contribution in [2.45, 2.75) is 25.4 Å². The molecular weight excluding hydrogens is 306 g/mol. The molecule has 2 aliphatic rings. The molecule has 6 heteroatoms. The zero-order valence-corrected chi connectivity index (χ0v) is 13.5. The van der Waals surface area contributed by atoms with Crippen molar-refractivity contribution >= 4 is 6.03 Å². The molecule has 0 spiro atoms. The van der Waals surface area contributed by atoms with E-state index in [1.807, 2.05) is 35.2 Å². The molecule has 0 aliphatic carbocycles. The van der Waals surface area contributed by atoms with Crippen LogP contribution in [0.25, 0.3) is 0 Å². The first-order valence-electron chi connectivity index (χ1n) is 8.33. The summed E-state index contributed by atoms with van der Waals surface area (Å²) >= 11 is 0. The maximum absolute atomic E-state index is 12.4. The summed E-state index contributed by atoms with van der Waals surface area (Å²) in [4.78, 5) is 14.2. The van der Waals surface area contributed by atoms with E-state index >= 15 is 0 Å². The van der Waals surface area contributed by atoms with E-state index in [1.54, 1.807) is 0 Å². The van der Waals surface area contributed by atoms with Gasteiger partial charge in [0.25, 0.3) is 0 Å². The number of carbonyl (C=O) groups excluding carboxylic acids is 1. The largest absolute Gasteiger partial charge is 0.454 e. The van der Waals surface area contributed by atoms with Gasteiger partial charge in [0.1, 0.15) is 0 Å². The van der Waals surface area contributed by atoms with Gasteiger partial charge < -0.3 is 24.3 Å². The number of hydrogen-bond acceptors (Lipinski definition) is 3. The standard InChI is InChI=1S/C18H21N3O3/c22-18(19-12-14-3-4-16-17(11-14)24-13-23-16)21-9-5-15(6-10-21)20-7-1-2-8-20/h1-4,7-8,11,15H,5-6,9-10,12-13H2,(H,19,22). The summed E-state index contributed by atoms with van der Waals surface area (Å²) in [5.74, 6) is 1.51. The Morgan fingerprint density at radius 2 is 1.88 bits per heavy atom. The van der Waals surface area contributed by atoms with Crippen LogP contribution in [-0.4, -0.2) is 35.4 Å². The van der Waals surface area contributed by atoms with Gasteiger partial charge in [-0.1, -0.05) is 6.07 Å². The fourth-order valence-electron chi connectivity index (χ4n) is 3.30. The van der Waals surface area contributed by atoms with Gasteiger partial charge in [0.15, 0.2) is 11.5 Å². The van der Waals surface area contributed by atoms with E-state index in [1.165, 1.54) is 0 Å². The summed E-state index contributed by atoms with van der Waals surface area (Å²) in [5.41, 5.74) is 1.01. The number of likely N-dealkylation sites (tertiary alicyclic amines) is 1. The number of carbonyl (C=O) groups is 1. The minimum Gasteiger partial charge on any atom is -0.454 e. The summed E-state index contributed by atoms with van der Waals surface area (Å²) in [6.07, 6.45) is 6.18. The predicted molar refractivity (Wildman–Crippen MR) is 89.1 cm³/mol. The molecule has 1 aromatic heterocycles. The molecule has 2 aliphatic heterocycles. The van der Waals surface area contributed by atoms with Crippen molar-refractivity contribution < 1.29 is 14.3 Å². The summed E-state index contributed by atoms with van der Waals surface area (Å²) in [6, 6.07) is 10.3. The average molecular weight is 327 g/mol. The van der Waals surface area contributed by atoms with Gasteiger partial charge in [-0.05, 0) is 42.7 Å². The molecule has 126 valence electrons. The Hall–Kier alpha value is -2.63. The van der Waals surface area contributed by atoms with Crippen molar-refractivity contribution in [2.75, 3.05) is 19.9 Å². The first-order chi connectivity index (χ1) is 11.8. The van der Waals surface area contributed by atoms with Gasteiger partial charge in [-0.3, -0.25) is 0 Å². The van der Waals surface area contributed by atoms with Gasteiger partial charge >= 0.3 is 6.03 Å². The third-order valence-electron chi connectivity index (χ3n) is 4.68. The van der Waals surface area contributed by atoms with E-state index < -0.39 is 0 Å². The number of piperidine rings is 1. The number of amides is 2. The molecule has 1 fully saturated rings. The fourth-order valence-corrected chi connectivity index (χ4v) is 3.30. The van der Waals surface area contributed by atoms with Gasteiger partial charge in [-0.25, -0.2) is 4.79 Å². The number of rotatable bonds is 3. The van der Waals surface area contributed by atoms with Gasteiger partial charge in [-0.2, -0.15) is 0 Å². The van der Waals surface area contributed by atoms with Crippen LogP contribution in [0.2, 0.25) is 0 Å². The third-order valence-corrected chi connectivity index (χ3v) is 4.68. The molecule has 1 aromatic carbocycles. The number of ether oxygens (including phenoxy) is 2. The average Bonchev–Trinajstić information content (AvgIpc) is 3.31. The van der Waals surface area contributed by atoms with Crippen molar-refractivity contribution in [1.29, 1.82) is 0 Å². The number of fused-ring (bicyclic) bond motifs is 1. The van der Waals surface area contributed by atoms with E-state index in [-0.39, 0.29) is 12.8 Å². The van der Waals surface area contributed by atoms with Crippen LogP contribution in [0.15, 0.2) is 42.7 Å². The molecule has 3 heterocycles. The van der Waals surface area contributed by atoms with Crippen molar-refractivity contribution in [3.8, 4) is 11.5 Å². The molecular formula is C18H21N3O3. The number of nitrogens with one attached hydrogen (secondary N) is 1. The molecule has 1 saturated heterocycles. The fraction of sp³-hybridized carbons (Fsp3) is 0.389. The predicted octanol–water partition coefficient (Wildman–Crippen LogP) is 2.76. The highest BCUT2D eigenvalue weighted by atomic mass is 16.7. The second kappa shape index (κ2) is 6.47. The van der Waals surface area contributed by atoms with Crippen molar-refractivity contribution in [3.05, 3.63) is 48.3 Å². The second-order valence-corrected chi connectivity index (χ2v) is 6.19. The monoisotopic (exact) mass is 327 g/mol. The zero-order valence-electron chi connectivity index (χ0n) is 13.5. The van der Waals surface area contributed by atoms with Crippen LogP contribution >= 0.6 is 0 Å². The lowest BCUT2D eigenvalue weighted by Gasteiger charge is -2.32. The minimum atomic E-state index is -0.00128. The Bertz CT molecular complexity index is 706. The van der Waals surface area contributed by atoms with Crippen LogP contribution in [0, 0.1) is 0 Å². The Balaban J connectivity index is 1.28. The molecule has 2 amide bonds. The van der Waals surface area contributed by atoms with Gasteiger partial charge in [0.05, 0.1) is 0 Å². The first kappa shape index (κ1) is 14.9. The van der Waals surface area contributed by atoms with Gasteiger partial charge in [0.2, 0.25) is 6.79 Å².